The summed E-state index contributed by atoms with van der Waals surface area (Å²) in [6.45, 7) is 0.797. The second kappa shape index (κ2) is 14.1. The Bertz CT molecular complexity index is 1930. The molecule has 234 valence electrons. The van der Waals surface area contributed by atoms with Gasteiger partial charge in [-0.1, -0.05) is 60.7 Å². The predicted octanol–water partition coefficient (Wildman–Crippen LogP) is 5.78. The maximum Gasteiger partial charge on any atom is 0.251 e. The molecule has 0 saturated heterocycles. The van der Waals surface area contributed by atoms with E-state index in [-0.39, 0.29) is 5.91 Å². The van der Waals surface area contributed by atoms with Crippen molar-refractivity contribution in [3.8, 4) is 11.5 Å². The number of hydrogen-bond donors (Lipinski definition) is 3. The van der Waals surface area contributed by atoms with Crippen LogP contribution in [0.5, 0.6) is 11.5 Å². The standard InChI is InChI=1S/C37H38N6O3/c1-45-30-17-16-28(34(21-30)46-2)24-43-35(18-15-25-9-4-3-5-10-25)41-42-36(43)33(20-29-23-39-32-14-7-6-13-31(29)32)40-37(44)27-12-8-11-26(19-27)22-38/h3-14,16-17,19,21,23,33,39H,15,18,20,22,24,38H2,1-2H3,(H,40,44)/t33-/m1/s1. The maximum absolute atomic E-state index is 13.8. The maximum atomic E-state index is 13.8. The molecular formula is C37H38N6O3. The lowest BCUT2D eigenvalue weighted by Crippen LogP contribution is -2.32. The van der Waals surface area contributed by atoms with Crippen LogP contribution in [0.4, 0.5) is 0 Å². The summed E-state index contributed by atoms with van der Waals surface area (Å²) in [5.41, 5.74) is 11.6. The fourth-order valence-electron chi connectivity index (χ4n) is 5.83. The van der Waals surface area contributed by atoms with Crippen LogP contribution in [-0.4, -0.2) is 39.9 Å². The van der Waals surface area contributed by atoms with Gasteiger partial charge in [0.15, 0.2) is 5.82 Å². The first-order chi connectivity index (χ1) is 22.6. The third-order valence-corrected chi connectivity index (χ3v) is 8.30. The molecule has 1 atom stereocenters. The van der Waals surface area contributed by atoms with E-state index in [1.807, 2.05) is 79.0 Å². The SMILES string of the molecule is COc1ccc(Cn2c(CCc3ccccc3)nnc2[C@@H](Cc2c[nH]c3ccccc23)NC(=O)c2cccc(CN)c2)c(OC)c1. The normalized spacial score (nSPS) is 11.8. The van der Waals surface area contributed by atoms with Crippen molar-refractivity contribution in [3.05, 3.63) is 143 Å². The van der Waals surface area contributed by atoms with E-state index in [2.05, 4.69) is 33.1 Å². The van der Waals surface area contributed by atoms with Crippen molar-refractivity contribution in [1.29, 1.82) is 0 Å². The average Bonchev–Trinajstić information content (AvgIpc) is 3.71. The molecule has 9 nitrogen and oxygen atoms in total. The van der Waals surface area contributed by atoms with Gasteiger partial charge in [-0.2, -0.15) is 0 Å². The van der Waals surface area contributed by atoms with Crippen LogP contribution in [0.2, 0.25) is 0 Å². The first-order valence-corrected chi connectivity index (χ1v) is 15.4. The fourth-order valence-corrected chi connectivity index (χ4v) is 5.83. The Hall–Kier alpha value is -5.41. The molecule has 0 fully saturated rings. The Labute approximate surface area is 268 Å². The number of nitrogens with zero attached hydrogens (tertiary/aromatic N) is 3. The van der Waals surface area contributed by atoms with Crippen molar-refractivity contribution in [3.63, 3.8) is 0 Å². The molecule has 0 aliphatic heterocycles. The summed E-state index contributed by atoms with van der Waals surface area (Å²) in [6.07, 6.45) is 3.97. The summed E-state index contributed by atoms with van der Waals surface area (Å²) >= 11 is 0. The lowest BCUT2D eigenvalue weighted by atomic mass is 10.0. The molecule has 0 saturated carbocycles. The molecule has 4 N–H and O–H groups in total. The molecule has 9 heteroatoms. The number of carbonyl (C=O) groups excluding carboxylic acids is 1. The Kier molecular flexibility index (Phi) is 9.40. The molecule has 2 heterocycles. The Morgan fingerprint density at radius 1 is 0.870 bits per heavy atom. The van der Waals surface area contributed by atoms with Gasteiger partial charge in [-0.05, 0) is 53.4 Å². The Morgan fingerprint density at radius 3 is 2.48 bits per heavy atom. The number of para-hydroxylation sites is 1. The van der Waals surface area contributed by atoms with Crippen molar-refractivity contribution in [2.24, 2.45) is 5.73 Å². The highest BCUT2D eigenvalue weighted by Crippen LogP contribution is 2.29. The summed E-state index contributed by atoms with van der Waals surface area (Å²) in [6, 6.07) is 31.2. The van der Waals surface area contributed by atoms with Crippen LogP contribution in [0.1, 0.15) is 50.3 Å². The number of benzene rings is 4. The third kappa shape index (κ3) is 6.79. The van der Waals surface area contributed by atoms with Gasteiger partial charge in [0.1, 0.15) is 17.3 Å². The zero-order chi connectivity index (χ0) is 31.9. The average molecular weight is 615 g/mol. The van der Waals surface area contributed by atoms with Gasteiger partial charge in [0, 0.05) is 53.7 Å². The summed E-state index contributed by atoms with van der Waals surface area (Å²) in [4.78, 5) is 17.2. The highest BCUT2D eigenvalue weighted by atomic mass is 16.5. The molecule has 0 bridgehead atoms. The van der Waals surface area contributed by atoms with Crippen LogP contribution >= 0.6 is 0 Å². The van der Waals surface area contributed by atoms with E-state index in [0.29, 0.717) is 48.8 Å². The second-order valence-electron chi connectivity index (χ2n) is 11.2. The van der Waals surface area contributed by atoms with Gasteiger partial charge in [-0.25, -0.2) is 0 Å². The number of methoxy groups -OCH3 is 2. The minimum absolute atomic E-state index is 0.206. The number of nitrogens with one attached hydrogen (secondary N) is 2. The number of amides is 1. The largest absolute Gasteiger partial charge is 0.497 e. The zero-order valence-corrected chi connectivity index (χ0v) is 26.1. The molecule has 1 amide bonds. The minimum atomic E-state index is -0.490. The highest BCUT2D eigenvalue weighted by Gasteiger charge is 2.26. The third-order valence-electron chi connectivity index (χ3n) is 8.30. The molecule has 4 aromatic carbocycles. The summed E-state index contributed by atoms with van der Waals surface area (Å²) in [7, 11) is 3.28. The molecule has 0 spiro atoms. The molecule has 6 aromatic rings. The first-order valence-electron chi connectivity index (χ1n) is 15.4. The predicted molar refractivity (Wildman–Crippen MR) is 179 cm³/mol. The molecule has 0 unspecified atom stereocenters. The Morgan fingerprint density at radius 2 is 1.67 bits per heavy atom. The lowest BCUT2D eigenvalue weighted by Gasteiger charge is -2.21. The monoisotopic (exact) mass is 614 g/mol. The van der Waals surface area contributed by atoms with Gasteiger partial charge >= 0.3 is 0 Å². The van der Waals surface area contributed by atoms with E-state index in [0.717, 1.165) is 39.8 Å². The van der Waals surface area contributed by atoms with Crippen molar-refractivity contribution in [2.45, 2.75) is 38.4 Å². The number of rotatable bonds is 13. The molecule has 6 rings (SSSR count). The van der Waals surface area contributed by atoms with Crippen molar-refractivity contribution >= 4 is 16.8 Å². The molecule has 46 heavy (non-hydrogen) atoms. The molecule has 0 radical (unpaired) electrons. The number of nitrogens with two attached hydrogens (primary N) is 1. The number of ether oxygens (including phenoxy) is 2. The number of aromatic nitrogens is 4. The number of hydrogen-bond acceptors (Lipinski definition) is 6. The van der Waals surface area contributed by atoms with Crippen LogP contribution in [-0.2, 0) is 32.4 Å². The van der Waals surface area contributed by atoms with Gasteiger partial charge in [-0.3, -0.25) is 4.79 Å². The number of aromatic amines is 1. The molecular weight excluding hydrogens is 576 g/mol. The summed E-state index contributed by atoms with van der Waals surface area (Å²) in [5, 5.41) is 13.9. The van der Waals surface area contributed by atoms with Gasteiger partial charge in [0.25, 0.3) is 5.91 Å². The molecule has 0 aliphatic carbocycles. The van der Waals surface area contributed by atoms with E-state index in [1.165, 1.54) is 5.56 Å². The van der Waals surface area contributed by atoms with Crippen LogP contribution in [0.3, 0.4) is 0 Å². The van der Waals surface area contributed by atoms with Crippen LogP contribution in [0, 0.1) is 0 Å². The minimum Gasteiger partial charge on any atom is -0.497 e. The number of H-pyrrole nitrogens is 1. The fraction of sp³-hybridized carbons (Fsp3) is 0.216. The molecule has 0 aliphatic rings. The lowest BCUT2D eigenvalue weighted by molar-refractivity contribution is 0.0934. The van der Waals surface area contributed by atoms with E-state index in [9.17, 15) is 4.79 Å². The van der Waals surface area contributed by atoms with Crippen molar-refractivity contribution in [2.75, 3.05) is 14.2 Å². The van der Waals surface area contributed by atoms with E-state index in [4.69, 9.17) is 25.4 Å². The smallest absolute Gasteiger partial charge is 0.251 e. The molecule has 2 aromatic heterocycles. The van der Waals surface area contributed by atoms with Crippen LogP contribution < -0.4 is 20.5 Å². The van der Waals surface area contributed by atoms with Crippen LogP contribution in [0.15, 0.2) is 103 Å². The topological polar surface area (TPSA) is 120 Å². The van der Waals surface area contributed by atoms with E-state index >= 15 is 0 Å². The van der Waals surface area contributed by atoms with Gasteiger partial charge < -0.3 is 30.1 Å². The second-order valence-corrected chi connectivity index (χ2v) is 11.2. The van der Waals surface area contributed by atoms with Gasteiger partial charge in [0.2, 0.25) is 0 Å². The van der Waals surface area contributed by atoms with E-state index in [1.54, 1.807) is 20.3 Å². The van der Waals surface area contributed by atoms with Crippen molar-refractivity contribution < 1.29 is 14.3 Å². The van der Waals surface area contributed by atoms with Gasteiger partial charge in [-0.15, -0.1) is 10.2 Å². The van der Waals surface area contributed by atoms with Crippen molar-refractivity contribution in [1.82, 2.24) is 25.1 Å². The quantitative estimate of drug-likeness (QED) is 0.152. The Balaban J connectivity index is 1.42. The zero-order valence-electron chi connectivity index (χ0n) is 26.1. The summed E-state index contributed by atoms with van der Waals surface area (Å²) in [5.74, 6) is 2.68. The van der Waals surface area contributed by atoms with E-state index < -0.39 is 6.04 Å². The van der Waals surface area contributed by atoms with Gasteiger partial charge in [0.05, 0.1) is 26.8 Å². The first kappa shape index (κ1) is 30.6. The highest BCUT2D eigenvalue weighted by molar-refractivity contribution is 5.94. The summed E-state index contributed by atoms with van der Waals surface area (Å²) < 4.78 is 13.3. The van der Waals surface area contributed by atoms with Crippen LogP contribution in [0.25, 0.3) is 10.9 Å². The number of aryl methyl sites for hydroxylation is 2. The number of fused-ring (bicyclic) bond motifs is 1. The number of carbonyl (C=O) groups is 1.